The van der Waals surface area contributed by atoms with Crippen LogP contribution in [0.4, 0.5) is 17.6 Å². The molecular formula is C14H16F4N4. The molecule has 0 radical (unpaired) electrons. The van der Waals surface area contributed by atoms with Gasteiger partial charge in [-0.3, -0.25) is 4.68 Å². The molecule has 0 amide bonds. The van der Waals surface area contributed by atoms with Crippen molar-refractivity contribution in [2.24, 2.45) is 0 Å². The van der Waals surface area contributed by atoms with Crippen LogP contribution >= 0.6 is 0 Å². The van der Waals surface area contributed by atoms with Crippen molar-refractivity contribution < 1.29 is 17.6 Å². The van der Waals surface area contributed by atoms with Gasteiger partial charge >= 0.3 is 6.18 Å². The van der Waals surface area contributed by atoms with E-state index in [1.807, 2.05) is 6.92 Å². The lowest BCUT2D eigenvalue weighted by Crippen LogP contribution is -2.27. The van der Waals surface area contributed by atoms with Gasteiger partial charge in [0.15, 0.2) is 0 Å². The lowest BCUT2D eigenvalue weighted by atomic mass is 10.1. The first-order valence-electron chi connectivity index (χ1n) is 6.77. The van der Waals surface area contributed by atoms with Gasteiger partial charge in [0.2, 0.25) is 0 Å². The molecule has 1 heterocycles. The van der Waals surface area contributed by atoms with Crippen LogP contribution in [0, 0.1) is 5.82 Å². The van der Waals surface area contributed by atoms with Crippen molar-refractivity contribution in [1.29, 1.82) is 0 Å². The van der Waals surface area contributed by atoms with Crippen molar-refractivity contribution in [3.8, 4) is 0 Å². The van der Waals surface area contributed by atoms with Crippen molar-refractivity contribution in [2.75, 3.05) is 0 Å². The molecule has 1 aromatic carbocycles. The molecule has 0 saturated heterocycles. The molecule has 0 unspecified atom stereocenters. The molecule has 0 aliphatic rings. The largest absolute Gasteiger partial charge is 0.419 e. The summed E-state index contributed by atoms with van der Waals surface area (Å²) in [5.41, 5.74) is -0.844. The molecule has 22 heavy (non-hydrogen) atoms. The van der Waals surface area contributed by atoms with Gasteiger partial charge in [-0.1, -0.05) is 6.07 Å². The highest BCUT2D eigenvalue weighted by Gasteiger charge is 2.34. The number of halogens is 4. The first kappa shape index (κ1) is 16.4. The number of hydrogen-bond donors (Lipinski definition) is 1. The van der Waals surface area contributed by atoms with Crippen LogP contribution in [0.25, 0.3) is 0 Å². The van der Waals surface area contributed by atoms with Crippen LogP contribution in [0.15, 0.2) is 30.9 Å². The fourth-order valence-corrected chi connectivity index (χ4v) is 1.97. The lowest BCUT2D eigenvalue weighted by molar-refractivity contribution is -0.140. The molecule has 8 heteroatoms. The predicted octanol–water partition coefficient (Wildman–Crippen LogP) is 3.00. The topological polar surface area (TPSA) is 42.7 Å². The summed E-state index contributed by atoms with van der Waals surface area (Å²) in [4.78, 5) is 3.82. The van der Waals surface area contributed by atoms with Gasteiger partial charge < -0.3 is 5.32 Å². The molecule has 0 spiro atoms. The van der Waals surface area contributed by atoms with Crippen LogP contribution in [-0.4, -0.2) is 20.8 Å². The van der Waals surface area contributed by atoms with E-state index in [-0.39, 0.29) is 12.6 Å². The molecule has 120 valence electrons. The summed E-state index contributed by atoms with van der Waals surface area (Å²) in [5, 5.41) is 7.07. The van der Waals surface area contributed by atoms with E-state index < -0.39 is 17.6 Å². The van der Waals surface area contributed by atoms with Gasteiger partial charge in [0.05, 0.1) is 5.56 Å². The van der Waals surface area contributed by atoms with E-state index in [0.29, 0.717) is 12.1 Å². The monoisotopic (exact) mass is 316 g/mol. The Morgan fingerprint density at radius 1 is 1.32 bits per heavy atom. The van der Waals surface area contributed by atoms with Crippen molar-refractivity contribution in [3.63, 3.8) is 0 Å². The SMILES string of the molecule is C[C@H](CCn1cncn1)NCc1ccc(F)c(C(F)(F)F)c1. The van der Waals surface area contributed by atoms with Gasteiger partial charge in [0.1, 0.15) is 18.5 Å². The van der Waals surface area contributed by atoms with E-state index in [0.717, 1.165) is 18.6 Å². The lowest BCUT2D eigenvalue weighted by Gasteiger charge is -2.15. The molecule has 0 aliphatic carbocycles. The zero-order valence-corrected chi connectivity index (χ0v) is 11.9. The highest BCUT2D eigenvalue weighted by molar-refractivity contribution is 5.27. The summed E-state index contributed by atoms with van der Waals surface area (Å²) in [6.07, 6.45) is -0.896. The smallest absolute Gasteiger partial charge is 0.310 e. The Morgan fingerprint density at radius 3 is 2.73 bits per heavy atom. The van der Waals surface area contributed by atoms with Crippen LogP contribution in [0.1, 0.15) is 24.5 Å². The predicted molar refractivity (Wildman–Crippen MR) is 72.3 cm³/mol. The molecular weight excluding hydrogens is 300 g/mol. The molecule has 1 atom stereocenters. The van der Waals surface area contributed by atoms with Gasteiger partial charge in [-0.2, -0.15) is 18.3 Å². The Morgan fingerprint density at radius 2 is 2.09 bits per heavy atom. The van der Waals surface area contributed by atoms with Crippen LogP contribution in [0.2, 0.25) is 0 Å². The second kappa shape index (κ2) is 6.87. The van der Waals surface area contributed by atoms with Gasteiger partial charge in [-0.15, -0.1) is 0 Å². The average Bonchev–Trinajstić information content (AvgIpc) is 2.96. The highest BCUT2D eigenvalue weighted by atomic mass is 19.4. The number of nitrogens with zero attached hydrogens (tertiary/aromatic N) is 3. The second-order valence-electron chi connectivity index (χ2n) is 5.04. The number of alkyl halides is 3. The molecule has 4 nitrogen and oxygen atoms in total. The van der Waals surface area contributed by atoms with Crippen LogP contribution in [0.5, 0.6) is 0 Å². The maximum absolute atomic E-state index is 13.2. The maximum Gasteiger partial charge on any atom is 0.419 e. The molecule has 1 aromatic heterocycles. The normalized spacial score (nSPS) is 13.3. The molecule has 2 aromatic rings. The standard InChI is InChI=1S/C14H16F4N4/c1-10(4-5-22-9-19-8-21-22)20-7-11-2-3-13(15)12(6-11)14(16,17)18/h2-3,6,8-10,20H,4-5,7H2,1H3/t10-/m1/s1. The van der Waals surface area contributed by atoms with Crippen molar-refractivity contribution in [3.05, 3.63) is 47.8 Å². The first-order valence-corrected chi connectivity index (χ1v) is 6.77. The Labute approximate surface area is 125 Å². The summed E-state index contributed by atoms with van der Waals surface area (Å²) >= 11 is 0. The number of aromatic nitrogens is 3. The Kier molecular flexibility index (Phi) is 5.12. The minimum Gasteiger partial charge on any atom is -0.310 e. The summed E-state index contributed by atoms with van der Waals surface area (Å²) in [6.45, 7) is 2.82. The molecule has 2 rings (SSSR count). The number of rotatable bonds is 6. The average molecular weight is 316 g/mol. The number of hydrogen-bond acceptors (Lipinski definition) is 3. The van der Waals surface area contributed by atoms with Crippen molar-refractivity contribution in [1.82, 2.24) is 20.1 Å². The van der Waals surface area contributed by atoms with E-state index in [9.17, 15) is 17.6 Å². The van der Waals surface area contributed by atoms with E-state index >= 15 is 0 Å². The summed E-state index contributed by atoms with van der Waals surface area (Å²) in [6, 6.07) is 3.11. The van der Waals surface area contributed by atoms with Crippen LogP contribution in [0.3, 0.4) is 0 Å². The Balaban J connectivity index is 1.88. The number of benzene rings is 1. The molecule has 0 fully saturated rings. The minimum absolute atomic E-state index is 0.0728. The fraction of sp³-hybridized carbons (Fsp3) is 0.429. The van der Waals surface area contributed by atoms with E-state index in [1.54, 1.807) is 11.0 Å². The molecule has 0 bridgehead atoms. The zero-order chi connectivity index (χ0) is 16.2. The summed E-state index contributed by atoms with van der Waals surface area (Å²) in [7, 11) is 0. The van der Waals surface area contributed by atoms with E-state index in [1.165, 1.54) is 12.4 Å². The van der Waals surface area contributed by atoms with Crippen LogP contribution in [-0.2, 0) is 19.3 Å². The molecule has 0 saturated carbocycles. The van der Waals surface area contributed by atoms with Gasteiger partial charge in [0.25, 0.3) is 0 Å². The third-order valence-electron chi connectivity index (χ3n) is 3.25. The minimum atomic E-state index is -4.68. The van der Waals surface area contributed by atoms with Gasteiger partial charge in [-0.05, 0) is 31.0 Å². The highest BCUT2D eigenvalue weighted by Crippen LogP contribution is 2.31. The summed E-state index contributed by atoms with van der Waals surface area (Å²) in [5.74, 6) is -1.25. The quantitative estimate of drug-likeness (QED) is 0.833. The summed E-state index contributed by atoms with van der Waals surface area (Å²) < 4.78 is 52.8. The van der Waals surface area contributed by atoms with Gasteiger partial charge in [0, 0.05) is 19.1 Å². The third kappa shape index (κ3) is 4.52. The van der Waals surface area contributed by atoms with Crippen molar-refractivity contribution >= 4 is 0 Å². The third-order valence-corrected chi connectivity index (χ3v) is 3.25. The zero-order valence-electron chi connectivity index (χ0n) is 11.9. The molecule has 0 aliphatic heterocycles. The fourth-order valence-electron chi connectivity index (χ4n) is 1.97. The molecule has 1 N–H and O–H groups in total. The number of aryl methyl sites for hydroxylation is 1. The maximum atomic E-state index is 13.2. The van der Waals surface area contributed by atoms with E-state index in [4.69, 9.17) is 0 Å². The van der Waals surface area contributed by atoms with Gasteiger partial charge in [-0.25, -0.2) is 9.37 Å². The first-order chi connectivity index (χ1) is 10.4. The second-order valence-corrected chi connectivity index (χ2v) is 5.04. The Bertz CT molecular complexity index is 595. The van der Waals surface area contributed by atoms with Crippen molar-refractivity contribution in [2.45, 2.75) is 38.7 Å². The van der Waals surface area contributed by atoms with Crippen LogP contribution < -0.4 is 5.32 Å². The Hall–Kier alpha value is -1.96. The van der Waals surface area contributed by atoms with E-state index in [2.05, 4.69) is 15.4 Å². The number of nitrogens with one attached hydrogen (secondary N) is 1.